The fraction of sp³-hybridized carbons (Fsp3) is 0.158. The van der Waals surface area contributed by atoms with Crippen molar-refractivity contribution in [3.8, 4) is 34.2 Å². The highest BCUT2D eigenvalue weighted by Crippen LogP contribution is 2.34. The molecule has 0 bridgehead atoms. The highest BCUT2D eigenvalue weighted by Gasteiger charge is 2.19. The Labute approximate surface area is 246 Å². The lowest BCUT2D eigenvalue weighted by Gasteiger charge is -2.14. The summed E-state index contributed by atoms with van der Waals surface area (Å²) in [5.74, 6) is 1.56. The molecule has 0 unspecified atom stereocenters. The fourth-order valence-corrected chi connectivity index (χ4v) is 6.25. The van der Waals surface area contributed by atoms with Crippen molar-refractivity contribution in [2.75, 3.05) is 0 Å². The smallest absolute Gasteiger partial charge is 0.182 e. The molecule has 0 radical (unpaired) electrons. The molecule has 0 aliphatic heterocycles. The quantitative estimate of drug-likeness (QED) is 0.199. The van der Waals surface area contributed by atoms with Crippen molar-refractivity contribution >= 4 is 21.8 Å². The standard InChI is InChI=1S/C38H34N4/c1-4-5-14-28-23-26(2)36(27(3)24-28)42-38(29-15-7-6-8-16-29)39-37(40-42)30-17-13-18-31(25-30)41-34-21-11-9-19-32(34)33-20-10-12-22-35(33)41/h6-13,15-25H,4-5,14H2,1-3H3. The van der Waals surface area contributed by atoms with Gasteiger partial charge in [0.1, 0.15) is 0 Å². The number of fused-ring (bicyclic) bond motifs is 3. The number of hydrogen-bond acceptors (Lipinski definition) is 2. The number of aryl methyl sites for hydroxylation is 3. The van der Waals surface area contributed by atoms with Crippen LogP contribution in [0.1, 0.15) is 36.5 Å². The van der Waals surface area contributed by atoms with Gasteiger partial charge in [-0.05, 0) is 67.6 Å². The monoisotopic (exact) mass is 546 g/mol. The molecule has 0 aliphatic carbocycles. The van der Waals surface area contributed by atoms with Crippen molar-refractivity contribution in [1.82, 2.24) is 19.3 Å². The van der Waals surface area contributed by atoms with Crippen LogP contribution in [0.4, 0.5) is 0 Å². The van der Waals surface area contributed by atoms with Gasteiger partial charge in [0.2, 0.25) is 0 Å². The first-order valence-corrected chi connectivity index (χ1v) is 14.8. The highest BCUT2D eigenvalue weighted by molar-refractivity contribution is 6.09. The zero-order chi connectivity index (χ0) is 28.6. The maximum Gasteiger partial charge on any atom is 0.182 e. The van der Waals surface area contributed by atoms with Crippen molar-refractivity contribution in [1.29, 1.82) is 0 Å². The molecule has 206 valence electrons. The first-order chi connectivity index (χ1) is 20.6. The Kier molecular flexibility index (Phi) is 6.67. The molecule has 0 N–H and O–H groups in total. The Morgan fingerprint density at radius 1 is 0.643 bits per heavy atom. The number of nitrogens with zero attached hydrogens (tertiary/aromatic N) is 4. The second-order valence-electron chi connectivity index (χ2n) is 11.1. The van der Waals surface area contributed by atoms with E-state index in [1.54, 1.807) is 0 Å². The minimum atomic E-state index is 0.713. The number of benzene rings is 5. The molecule has 0 spiro atoms. The summed E-state index contributed by atoms with van der Waals surface area (Å²) in [6, 6.07) is 40.8. The van der Waals surface area contributed by atoms with E-state index < -0.39 is 0 Å². The maximum absolute atomic E-state index is 5.18. The van der Waals surface area contributed by atoms with Crippen LogP contribution in [0.25, 0.3) is 56.0 Å². The number of aromatic nitrogens is 4. The van der Waals surface area contributed by atoms with Crippen molar-refractivity contribution < 1.29 is 0 Å². The van der Waals surface area contributed by atoms with E-state index in [0.29, 0.717) is 5.82 Å². The number of rotatable bonds is 7. The molecular formula is C38H34N4. The SMILES string of the molecule is CCCCc1cc(C)c(-n2nc(-c3cccc(-n4c5ccccc5c5ccccc54)c3)nc2-c2ccccc2)c(C)c1. The fourth-order valence-electron chi connectivity index (χ4n) is 6.25. The van der Waals surface area contributed by atoms with Gasteiger partial charge in [-0.3, -0.25) is 0 Å². The Morgan fingerprint density at radius 3 is 1.93 bits per heavy atom. The van der Waals surface area contributed by atoms with E-state index in [1.807, 2.05) is 10.7 Å². The van der Waals surface area contributed by atoms with Crippen LogP contribution in [-0.2, 0) is 6.42 Å². The molecule has 7 rings (SSSR count). The van der Waals surface area contributed by atoms with Crippen molar-refractivity contribution in [2.24, 2.45) is 0 Å². The zero-order valence-corrected chi connectivity index (χ0v) is 24.4. The first-order valence-electron chi connectivity index (χ1n) is 14.8. The molecule has 2 aromatic heterocycles. The summed E-state index contributed by atoms with van der Waals surface area (Å²) >= 11 is 0. The van der Waals surface area contributed by atoms with Crippen molar-refractivity contribution in [2.45, 2.75) is 40.0 Å². The summed E-state index contributed by atoms with van der Waals surface area (Å²) in [7, 11) is 0. The van der Waals surface area contributed by atoms with Gasteiger partial charge in [0, 0.05) is 27.6 Å². The Balaban J connectivity index is 1.40. The Morgan fingerprint density at radius 2 is 1.26 bits per heavy atom. The summed E-state index contributed by atoms with van der Waals surface area (Å²) < 4.78 is 4.39. The first kappa shape index (κ1) is 26.0. The molecule has 0 saturated heterocycles. The van der Waals surface area contributed by atoms with E-state index in [9.17, 15) is 0 Å². The van der Waals surface area contributed by atoms with E-state index in [0.717, 1.165) is 34.7 Å². The molecule has 0 saturated carbocycles. The average Bonchev–Trinajstić information content (AvgIpc) is 3.60. The minimum Gasteiger partial charge on any atom is -0.309 e. The average molecular weight is 547 g/mol. The third kappa shape index (κ3) is 4.50. The summed E-state index contributed by atoms with van der Waals surface area (Å²) in [5.41, 5.74) is 10.4. The lowest BCUT2D eigenvalue weighted by molar-refractivity contribution is 0.791. The molecule has 0 fully saturated rings. The van der Waals surface area contributed by atoms with Crippen LogP contribution in [0.5, 0.6) is 0 Å². The summed E-state index contributed by atoms with van der Waals surface area (Å²) in [4.78, 5) is 5.17. The summed E-state index contributed by atoms with van der Waals surface area (Å²) in [5, 5.41) is 7.69. The van der Waals surface area contributed by atoms with Crippen molar-refractivity contribution in [3.63, 3.8) is 0 Å². The molecule has 0 atom stereocenters. The normalized spacial score (nSPS) is 11.5. The molecule has 2 heterocycles. The van der Waals surface area contributed by atoms with Crippen LogP contribution in [-0.4, -0.2) is 19.3 Å². The largest absolute Gasteiger partial charge is 0.309 e. The third-order valence-electron chi connectivity index (χ3n) is 8.16. The molecular weight excluding hydrogens is 512 g/mol. The Bertz CT molecular complexity index is 1970. The van der Waals surface area contributed by atoms with Gasteiger partial charge in [-0.2, -0.15) is 0 Å². The lowest BCUT2D eigenvalue weighted by atomic mass is 10.0. The summed E-state index contributed by atoms with van der Waals surface area (Å²) in [6.45, 7) is 6.63. The van der Waals surface area contributed by atoms with Gasteiger partial charge in [-0.25, -0.2) is 9.67 Å². The van der Waals surface area contributed by atoms with E-state index >= 15 is 0 Å². The van der Waals surface area contributed by atoms with Gasteiger partial charge in [-0.1, -0.05) is 104 Å². The molecule has 7 aromatic rings. The van der Waals surface area contributed by atoms with Crippen LogP contribution in [0.2, 0.25) is 0 Å². The topological polar surface area (TPSA) is 35.6 Å². The van der Waals surface area contributed by atoms with E-state index in [4.69, 9.17) is 10.1 Å². The van der Waals surface area contributed by atoms with Crippen LogP contribution < -0.4 is 0 Å². The molecule has 4 nitrogen and oxygen atoms in total. The van der Waals surface area contributed by atoms with Crippen LogP contribution in [0, 0.1) is 13.8 Å². The van der Waals surface area contributed by atoms with Gasteiger partial charge >= 0.3 is 0 Å². The molecule has 5 aromatic carbocycles. The lowest BCUT2D eigenvalue weighted by Crippen LogP contribution is -2.05. The summed E-state index contributed by atoms with van der Waals surface area (Å²) in [6.07, 6.45) is 3.49. The molecule has 4 heteroatoms. The van der Waals surface area contributed by atoms with Crippen LogP contribution >= 0.6 is 0 Å². The van der Waals surface area contributed by atoms with E-state index in [-0.39, 0.29) is 0 Å². The molecule has 0 aliphatic rings. The van der Waals surface area contributed by atoms with Crippen molar-refractivity contribution in [3.05, 3.63) is 132 Å². The van der Waals surface area contributed by atoms with Crippen LogP contribution in [0.3, 0.4) is 0 Å². The minimum absolute atomic E-state index is 0.713. The third-order valence-corrected chi connectivity index (χ3v) is 8.16. The molecule has 42 heavy (non-hydrogen) atoms. The number of unbranched alkanes of at least 4 members (excludes halogenated alkanes) is 1. The van der Waals surface area contributed by atoms with Gasteiger partial charge in [-0.15, -0.1) is 5.10 Å². The maximum atomic E-state index is 5.18. The highest BCUT2D eigenvalue weighted by atomic mass is 15.4. The van der Waals surface area contributed by atoms with Gasteiger partial charge in [0.25, 0.3) is 0 Å². The second kappa shape index (κ2) is 10.8. The molecule has 0 amide bonds. The zero-order valence-electron chi connectivity index (χ0n) is 24.4. The second-order valence-corrected chi connectivity index (χ2v) is 11.1. The van der Waals surface area contributed by atoms with E-state index in [2.05, 4.69) is 135 Å². The van der Waals surface area contributed by atoms with Crippen LogP contribution in [0.15, 0.2) is 115 Å². The van der Waals surface area contributed by atoms with Gasteiger partial charge in [0.15, 0.2) is 11.6 Å². The van der Waals surface area contributed by atoms with Gasteiger partial charge in [0.05, 0.1) is 16.7 Å². The van der Waals surface area contributed by atoms with Gasteiger partial charge < -0.3 is 4.57 Å². The predicted octanol–water partition coefficient (Wildman–Crippen LogP) is 9.66. The number of hydrogen-bond donors (Lipinski definition) is 0. The predicted molar refractivity (Wildman–Crippen MR) is 175 cm³/mol. The van der Waals surface area contributed by atoms with E-state index in [1.165, 1.54) is 51.3 Å². The Hall–Kier alpha value is -4.96. The number of para-hydroxylation sites is 2.